The monoisotopic (exact) mass is 712 g/mol. The number of hydrogen-bond acceptors (Lipinski definition) is 11. The van der Waals surface area contributed by atoms with Crippen molar-refractivity contribution in [3.63, 3.8) is 0 Å². The highest BCUT2D eigenvalue weighted by molar-refractivity contribution is 5.82. The van der Waals surface area contributed by atoms with Crippen molar-refractivity contribution in [2.45, 2.75) is 102 Å². The van der Waals surface area contributed by atoms with Gasteiger partial charge in [-0.15, -0.1) is 0 Å². The van der Waals surface area contributed by atoms with Crippen molar-refractivity contribution in [2.75, 3.05) is 27.4 Å². The van der Waals surface area contributed by atoms with Gasteiger partial charge in [-0.05, 0) is 38.3 Å². The smallest absolute Gasteiger partial charge is 0.454 e. The summed E-state index contributed by atoms with van der Waals surface area (Å²) in [7, 11) is 2.84. The number of carbonyl (C=O) groups excluding carboxylic acids is 2. The van der Waals surface area contributed by atoms with E-state index in [0.717, 1.165) is 11.1 Å². The fourth-order valence-corrected chi connectivity index (χ4v) is 5.59. The van der Waals surface area contributed by atoms with Gasteiger partial charge in [-0.3, -0.25) is 9.59 Å². The van der Waals surface area contributed by atoms with Crippen molar-refractivity contribution in [3.8, 4) is 0 Å². The second-order valence-corrected chi connectivity index (χ2v) is 13.2. The number of amides is 1. The van der Waals surface area contributed by atoms with Crippen LogP contribution in [0.4, 0.5) is 13.2 Å². The normalized spacial score (nSPS) is 28.9. The van der Waals surface area contributed by atoms with Gasteiger partial charge in [0.25, 0.3) is 0 Å². The number of halogens is 3. The molecule has 2 aliphatic heterocycles. The Labute approximate surface area is 289 Å². The molecule has 278 valence electrons. The van der Waals surface area contributed by atoms with Crippen molar-refractivity contribution in [1.29, 1.82) is 0 Å². The number of ether oxygens (including phenoxy) is 8. The Morgan fingerprint density at radius 3 is 1.92 bits per heavy atom. The zero-order valence-electron chi connectivity index (χ0n) is 28.8. The Hall–Kier alpha value is -3.15. The van der Waals surface area contributed by atoms with Crippen LogP contribution < -0.4 is 11.1 Å². The molecule has 0 spiro atoms. The molecule has 0 saturated carbocycles. The first-order valence-corrected chi connectivity index (χ1v) is 16.3. The predicted octanol–water partition coefficient (Wildman–Crippen LogP) is 3.64. The van der Waals surface area contributed by atoms with Crippen LogP contribution in [-0.4, -0.2) is 101 Å². The molecule has 4 rings (SSSR count). The molecule has 2 heterocycles. The highest BCUT2D eigenvalue weighted by Gasteiger charge is 2.52. The van der Waals surface area contributed by atoms with Gasteiger partial charge in [0.1, 0.15) is 18.3 Å². The molecule has 2 fully saturated rings. The first kappa shape index (κ1) is 39.6. The molecule has 2 aromatic rings. The fourth-order valence-electron chi connectivity index (χ4n) is 5.59. The molecule has 50 heavy (non-hydrogen) atoms. The van der Waals surface area contributed by atoms with Gasteiger partial charge >= 0.3 is 18.1 Å². The molecular formula is C35H47F3N2O10. The summed E-state index contributed by atoms with van der Waals surface area (Å²) >= 11 is 0. The predicted molar refractivity (Wildman–Crippen MR) is 172 cm³/mol. The van der Waals surface area contributed by atoms with E-state index >= 15 is 0 Å². The second-order valence-electron chi connectivity index (χ2n) is 13.2. The number of rotatable bonds is 14. The van der Waals surface area contributed by atoms with Gasteiger partial charge in [0.15, 0.2) is 18.7 Å². The number of benzene rings is 2. The first-order chi connectivity index (χ1) is 23.7. The van der Waals surface area contributed by atoms with Gasteiger partial charge in [-0.1, -0.05) is 60.7 Å². The average Bonchev–Trinajstić information content (AvgIpc) is 3.07. The van der Waals surface area contributed by atoms with Gasteiger partial charge in [0.05, 0.1) is 50.0 Å². The molecule has 0 aliphatic carbocycles. The summed E-state index contributed by atoms with van der Waals surface area (Å²) in [4.78, 5) is 25.5. The molecular weight excluding hydrogens is 665 g/mol. The molecule has 2 aromatic carbocycles. The molecule has 3 N–H and O–H groups in total. The molecule has 9 atom stereocenters. The van der Waals surface area contributed by atoms with Gasteiger partial charge in [-0.2, -0.15) is 13.2 Å². The van der Waals surface area contributed by atoms with Crippen molar-refractivity contribution >= 4 is 11.9 Å². The lowest BCUT2D eigenvalue weighted by Gasteiger charge is -2.47. The topological polar surface area (TPSA) is 146 Å². The third-order valence-corrected chi connectivity index (χ3v) is 8.24. The van der Waals surface area contributed by atoms with E-state index in [-0.39, 0.29) is 32.8 Å². The lowest BCUT2D eigenvalue weighted by molar-refractivity contribution is -0.329. The first-order valence-electron chi connectivity index (χ1n) is 16.3. The highest BCUT2D eigenvalue weighted by atomic mass is 19.4. The Kier molecular flexibility index (Phi) is 14.2. The van der Waals surface area contributed by atoms with Gasteiger partial charge < -0.3 is 48.9 Å². The van der Waals surface area contributed by atoms with Crippen molar-refractivity contribution in [1.82, 2.24) is 5.32 Å². The Bertz CT molecular complexity index is 1350. The number of hydrogen-bond donors (Lipinski definition) is 2. The van der Waals surface area contributed by atoms with Crippen LogP contribution in [0.15, 0.2) is 60.7 Å². The molecule has 15 heteroatoms. The quantitative estimate of drug-likeness (QED) is 0.277. The fraction of sp³-hybridized carbons (Fsp3) is 0.600. The standard InChI is InChI=1S/C35H47F3N2O10/c1-34(2,3)33(42)50-27-24(40-32(41)35(36,37)38)16-23(19-45-17-21-12-8-6-9-13-21)47-31(27)49-28-25(20-46-18-22-14-10-7-11-15-22)48-30(44-5)29(43-4)26(28)39/h6-15,23-31H,16-20,39H2,1-5H3,(H,40,41)/t23-,24-,25+,26+,27+,28-,29+,30+,31-/m0/s1. The molecule has 0 bridgehead atoms. The summed E-state index contributed by atoms with van der Waals surface area (Å²) in [6, 6.07) is 16.3. The summed E-state index contributed by atoms with van der Waals surface area (Å²) in [5, 5.41) is 1.99. The summed E-state index contributed by atoms with van der Waals surface area (Å²) in [6.07, 6.45) is -13.1. The van der Waals surface area contributed by atoms with Crippen LogP contribution in [0.25, 0.3) is 0 Å². The average molecular weight is 713 g/mol. The van der Waals surface area contributed by atoms with E-state index in [0.29, 0.717) is 0 Å². The maximum absolute atomic E-state index is 13.6. The van der Waals surface area contributed by atoms with E-state index in [1.165, 1.54) is 14.2 Å². The van der Waals surface area contributed by atoms with E-state index in [1.54, 1.807) is 20.8 Å². The highest BCUT2D eigenvalue weighted by Crippen LogP contribution is 2.33. The number of carbonyl (C=O) groups is 2. The Morgan fingerprint density at radius 2 is 1.40 bits per heavy atom. The van der Waals surface area contributed by atoms with Gasteiger partial charge in [-0.25, -0.2) is 0 Å². The van der Waals surface area contributed by atoms with Crippen LogP contribution in [0, 0.1) is 5.41 Å². The summed E-state index contributed by atoms with van der Waals surface area (Å²) in [5.74, 6) is -2.97. The number of esters is 1. The third-order valence-electron chi connectivity index (χ3n) is 8.24. The molecule has 2 aliphatic rings. The third kappa shape index (κ3) is 10.9. The molecule has 0 radical (unpaired) electrons. The number of nitrogens with two attached hydrogens (primary N) is 1. The van der Waals surface area contributed by atoms with Crippen LogP contribution in [-0.2, 0) is 60.7 Å². The van der Waals surface area contributed by atoms with Crippen LogP contribution in [0.5, 0.6) is 0 Å². The van der Waals surface area contributed by atoms with Crippen LogP contribution in [0.1, 0.15) is 38.3 Å². The molecule has 12 nitrogen and oxygen atoms in total. The maximum atomic E-state index is 13.6. The molecule has 2 saturated heterocycles. The second kappa shape index (κ2) is 17.9. The van der Waals surface area contributed by atoms with Crippen LogP contribution in [0.3, 0.4) is 0 Å². The van der Waals surface area contributed by atoms with Gasteiger partial charge in [0, 0.05) is 14.2 Å². The van der Waals surface area contributed by atoms with Gasteiger partial charge in [0.2, 0.25) is 0 Å². The minimum absolute atomic E-state index is 0.0411. The van der Waals surface area contributed by atoms with E-state index < -0.39 is 78.7 Å². The SMILES string of the molecule is CO[C@@H]1O[C@H](COCc2ccccc2)[C@H](O[C@@H]2O[C@H](COCc3ccccc3)C[C@H](NC(=O)C(F)(F)F)[C@H]2OC(=O)C(C)(C)C)[C@@H](N)[C@H]1OC. The minimum Gasteiger partial charge on any atom is -0.454 e. The zero-order chi connectivity index (χ0) is 36.5. The van der Waals surface area contributed by atoms with E-state index in [2.05, 4.69) is 0 Å². The summed E-state index contributed by atoms with van der Waals surface area (Å²) in [5.41, 5.74) is 7.38. The molecule has 0 unspecified atom stereocenters. The van der Waals surface area contributed by atoms with E-state index in [9.17, 15) is 22.8 Å². The lowest BCUT2D eigenvalue weighted by atomic mass is 9.94. The number of nitrogens with one attached hydrogen (secondary N) is 1. The molecule has 0 aromatic heterocycles. The van der Waals surface area contributed by atoms with Crippen molar-refractivity contribution in [3.05, 3.63) is 71.8 Å². The zero-order valence-corrected chi connectivity index (χ0v) is 28.8. The van der Waals surface area contributed by atoms with E-state index in [4.69, 9.17) is 43.6 Å². The number of methoxy groups -OCH3 is 2. The largest absolute Gasteiger partial charge is 0.471 e. The lowest BCUT2D eigenvalue weighted by Crippen LogP contribution is -2.67. The van der Waals surface area contributed by atoms with E-state index in [1.807, 2.05) is 66.0 Å². The van der Waals surface area contributed by atoms with Crippen LogP contribution >= 0.6 is 0 Å². The van der Waals surface area contributed by atoms with Crippen molar-refractivity contribution in [2.24, 2.45) is 11.1 Å². The Morgan fingerprint density at radius 1 is 0.820 bits per heavy atom. The summed E-state index contributed by atoms with van der Waals surface area (Å²) < 4.78 is 88.2. The maximum Gasteiger partial charge on any atom is 0.471 e. The van der Waals surface area contributed by atoms with Crippen molar-refractivity contribution < 1.29 is 60.7 Å². The Balaban J connectivity index is 1.64. The molecule has 1 amide bonds. The van der Waals surface area contributed by atoms with Crippen LogP contribution in [0.2, 0.25) is 0 Å². The minimum atomic E-state index is -5.21. The number of alkyl halides is 3. The summed E-state index contributed by atoms with van der Waals surface area (Å²) in [6.45, 7) is 5.03.